The lowest BCUT2D eigenvalue weighted by Crippen LogP contribution is -2.27. The second-order valence-corrected chi connectivity index (χ2v) is 4.42. The molecule has 0 radical (unpaired) electrons. The van der Waals surface area contributed by atoms with Gasteiger partial charge in [-0.1, -0.05) is 0 Å². The Balaban J connectivity index is 2.30. The first-order chi connectivity index (χ1) is 8.30. The smallest absolute Gasteiger partial charge is 0.131 e. The molecule has 0 saturated carbocycles. The van der Waals surface area contributed by atoms with Gasteiger partial charge in [-0.3, -0.25) is 0 Å². The highest BCUT2D eigenvalue weighted by molar-refractivity contribution is 5.42. The van der Waals surface area contributed by atoms with Crippen LogP contribution in [0, 0.1) is 22.7 Å². The first kappa shape index (κ1) is 12.1. The molecule has 0 aromatic rings. The van der Waals surface area contributed by atoms with Crippen LogP contribution in [0.5, 0.6) is 0 Å². The number of rotatable bonds is 2. The van der Waals surface area contributed by atoms with E-state index < -0.39 is 0 Å². The number of fused-ring (bicyclic) bond motifs is 2. The topological polar surface area (TPSA) is 66.0 Å². The third-order valence-electron chi connectivity index (χ3n) is 3.41. The van der Waals surface area contributed by atoms with Gasteiger partial charge in [0.15, 0.2) is 0 Å². The molecule has 4 heteroatoms. The molecule has 2 aliphatic heterocycles. The summed E-state index contributed by atoms with van der Waals surface area (Å²) in [6.07, 6.45) is 3.70. The second-order valence-electron chi connectivity index (χ2n) is 4.42. The number of hydrogen-bond acceptors (Lipinski definition) is 4. The summed E-state index contributed by atoms with van der Waals surface area (Å²) < 4.78 is 11.6. The molecule has 2 aliphatic rings. The number of nitriles is 2. The van der Waals surface area contributed by atoms with Crippen LogP contribution in [0.25, 0.3) is 0 Å². The van der Waals surface area contributed by atoms with E-state index in [1.807, 2.05) is 19.1 Å². The number of nitrogens with zero attached hydrogens (tertiary/aromatic N) is 2. The van der Waals surface area contributed by atoms with E-state index in [4.69, 9.17) is 20.0 Å². The van der Waals surface area contributed by atoms with Gasteiger partial charge >= 0.3 is 0 Å². The van der Waals surface area contributed by atoms with Crippen LogP contribution in [-0.4, -0.2) is 24.9 Å². The van der Waals surface area contributed by atoms with Crippen molar-refractivity contribution in [2.75, 3.05) is 6.61 Å². The maximum absolute atomic E-state index is 8.99. The molecule has 2 heterocycles. The number of ether oxygens (including phenoxy) is 2. The third-order valence-corrected chi connectivity index (χ3v) is 3.41. The second kappa shape index (κ2) is 5.31. The SMILES string of the molecule is CCOC1C[C@@H]2CCCC(=C(C#N)C#N)[C@H]1O2. The Morgan fingerprint density at radius 1 is 1.47 bits per heavy atom. The highest BCUT2D eigenvalue weighted by Gasteiger charge is 2.40. The summed E-state index contributed by atoms with van der Waals surface area (Å²) >= 11 is 0. The monoisotopic (exact) mass is 232 g/mol. The van der Waals surface area contributed by atoms with Gasteiger partial charge in [-0.25, -0.2) is 0 Å². The normalized spacial score (nSPS) is 31.5. The molecule has 0 amide bonds. The Hall–Kier alpha value is -1.36. The Kier molecular flexibility index (Phi) is 3.78. The van der Waals surface area contributed by atoms with Gasteiger partial charge in [0.2, 0.25) is 0 Å². The molecule has 2 bridgehead atoms. The van der Waals surface area contributed by atoms with Gasteiger partial charge in [0.1, 0.15) is 23.8 Å². The molecule has 2 rings (SSSR count). The van der Waals surface area contributed by atoms with Crippen molar-refractivity contribution in [1.82, 2.24) is 0 Å². The molecule has 3 atom stereocenters. The van der Waals surface area contributed by atoms with Crippen molar-refractivity contribution in [3.8, 4) is 12.1 Å². The van der Waals surface area contributed by atoms with Crippen LogP contribution in [0.15, 0.2) is 11.1 Å². The fraction of sp³-hybridized carbons (Fsp3) is 0.692. The summed E-state index contributed by atoms with van der Waals surface area (Å²) in [5.41, 5.74) is 1.05. The minimum atomic E-state index is -0.184. The van der Waals surface area contributed by atoms with Gasteiger partial charge in [0.25, 0.3) is 0 Å². The summed E-state index contributed by atoms with van der Waals surface area (Å²) in [6, 6.07) is 3.96. The molecule has 90 valence electrons. The standard InChI is InChI=1S/C13H16N2O2/c1-2-16-12-6-10-4-3-5-11(13(12)17-10)9(7-14)8-15/h10,12-13H,2-6H2,1H3/t10-,12?,13+/m0/s1. The van der Waals surface area contributed by atoms with E-state index in [9.17, 15) is 0 Å². The van der Waals surface area contributed by atoms with Crippen molar-refractivity contribution in [3.63, 3.8) is 0 Å². The van der Waals surface area contributed by atoms with Gasteiger partial charge in [0.05, 0.1) is 12.2 Å². The number of allylic oxidation sites excluding steroid dienone is 1. The maximum atomic E-state index is 8.99. The number of hydrogen-bond donors (Lipinski definition) is 0. The lowest BCUT2D eigenvalue weighted by Gasteiger charge is -2.21. The molecule has 4 nitrogen and oxygen atoms in total. The van der Waals surface area contributed by atoms with Crippen LogP contribution in [0.2, 0.25) is 0 Å². The van der Waals surface area contributed by atoms with Crippen LogP contribution in [0.4, 0.5) is 0 Å². The summed E-state index contributed by atoms with van der Waals surface area (Å²) in [4.78, 5) is 0. The van der Waals surface area contributed by atoms with Crippen LogP contribution < -0.4 is 0 Å². The van der Waals surface area contributed by atoms with Gasteiger partial charge in [-0.2, -0.15) is 10.5 Å². The lowest BCUT2D eigenvalue weighted by molar-refractivity contribution is 0.00243. The van der Waals surface area contributed by atoms with Gasteiger partial charge < -0.3 is 9.47 Å². The Bertz CT molecular complexity index is 387. The molecule has 2 fully saturated rings. The van der Waals surface area contributed by atoms with E-state index in [0.29, 0.717) is 6.61 Å². The molecule has 1 unspecified atom stereocenters. The van der Waals surface area contributed by atoms with Crippen molar-refractivity contribution >= 4 is 0 Å². The van der Waals surface area contributed by atoms with E-state index >= 15 is 0 Å². The van der Waals surface area contributed by atoms with E-state index in [1.54, 1.807) is 0 Å². The molecule has 2 saturated heterocycles. The van der Waals surface area contributed by atoms with Crippen LogP contribution in [0.3, 0.4) is 0 Å². The van der Waals surface area contributed by atoms with E-state index in [0.717, 1.165) is 31.3 Å². The van der Waals surface area contributed by atoms with Crippen LogP contribution >= 0.6 is 0 Å². The largest absolute Gasteiger partial charge is 0.375 e. The molecule has 0 aliphatic carbocycles. The van der Waals surface area contributed by atoms with E-state index in [1.165, 1.54) is 0 Å². The van der Waals surface area contributed by atoms with Crippen molar-refractivity contribution in [3.05, 3.63) is 11.1 Å². The zero-order chi connectivity index (χ0) is 12.3. The van der Waals surface area contributed by atoms with Crippen molar-refractivity contribution in [1.29, 1.82) is 10.5 Å². The van der Waals surface area contributed by atoms with Crippen LogP contribution in [-0.2, 0) is 9.47 Å². The van der Waals surface area contributed by atoms with Crippen molar-refractivity contribution in [2.24, 2.45) is 0 Å². The summed E-state index contributed by atoms with van der Waals surface area (Å²) in [5.74, 6) is 0. The summed E-state index contributed by atoms with van der Waals surface area (Å²) in [7, 11) is 0. The highest BCUT2D eigenvalue weighted by Crippen LogP contribution is 2.37. The third kappa shape index (κ3) is 2.34. The first-order valence-electron chi connectivity index (χ1n) is 6.10. The molecule has 0 spiro atoms. The first-order valence-corrected chi connectivity index (χ1v) is 6.10. The Morgan fingerprint density at radius 2 is 2.24 bits per heavy atom. The maximum Gasteiger partial charge on any atom is 0.131 e. The van der Waals surface area contributed by atoms with Crippen molar-refractivity contribution < 1.29 is 9.47 Å². The molecule has 0 aromatic heterocycles. The Labute approximate surface area is 101 Å². The fourth-order valence-corrected chi connectivity index (χ4v) is 2.69. The minimum Gasteiger partial charge on any atom is -0.375 e. The Morgan fingerprint density at radius 3 is 2.88 bits per heavy atom. The summed E-state index contributed by atoms with van der Waals surface area (Å²) in [5, 5.41) is 18.0. The quantitative estimate of drug-likeness (QED) is 0.683. The van der Waals surface area contributed by atoms with Gasteiger partial charge in [-0.05, 0) is 31.8 Å². The average molecular weight is 232 g/mol. The highest BCUT2D eigenvalue weighted by atomic mass is 16.6. The zero-order valence-corrected chi connectivity index (χ0v) is 9.98. The van der Waals surface area contributed by atoms with E-state index in [-0.39, 0.29) is 23.9 Å². The minimum absolute atomic E-state index is 0.0111. The van der Waals surface area contributed by atoms with Gasteiger partial charge in [0, 0.05) is 13.0 Å². The zero-order valence-electron chi connectivity index (χ0n) is 9.98. The molecular formula is C13H16N2O2. The average Bonchev–Trinajstić information content (AvgIpc) is 2.59. The molecule has 17 heavy (non-hydrogen) atoms. The summed E-state index contributed by atoms with van der Waals surface area (Å²) in [6.45, 7) is 2.59. The predicted octanol–water partition coefficient (Wildman–Crippen LogP) is 2.08. The molecule has 0 N–H and O–H groups in total. The predicted molar refractivity (Wildman–Crippen MR) is 60.8 cm³/mol. The molecule has 0 aromatic carbocycles. The van der Waals surface area contributed by atoms with E-state index in [2.05, 4.69) is 0 Å². The van der Waals surface area contributed by atoms with Crippen molar-refractivity contribution in [2.45, 2.75) is 50.9 Å². The molecular weight excluding hydrogens is 216 g/mol. The van der Waals surface area contributed by atoms with Crippen LogP contribution in [0.1, 0.15) is 32.6 Å². The fourth-order valence-electron chi connectivity index (χ4n) is 2.69. The lowest BCUT2D eigenvalue weighted by atomic mass is 9.91. The van der Waals surface area contributed by atoms with Gasteiger partial charge in [-0.15, -0.1) is 0 Å².